The van der Waals surface area contributed by atoms with Gasteiger partial charge < -0.3 is 10.2 Å². The van der Waals surface area contributed by atoms with Crippen molar-refractivity contribution in [2.45, 2.75) is 45.8 Å². The highest BCUT2D eigenvalue weighted by molar-refractivity contribution is 6.06. The van der Waals surface area contributed by atoms with E-state index in [4.69, 9.17) is 10.1 Å². The van der Waals surface area contributed by atoms with Crippen LogP contribution in [-0.2, 0) is 13.1 Å². The summed E-state index contributed by atoms with van der Waals surface area (Å²) in [5.74, 6) is -0.151. The number of fused-ring (bicyclic) bond motifs is 1. The van der Waals surface area contributed by atoms with Gasteiger partial charge in [0, 0.05) is 30.7 Å². The van der Waals surface area contributed by atoms with E-state index in [2.05, 4.69) is 47.4 Å². The summed E-state index contributed by atoms with van der Waals surface area (Å²) in [6, 6.07) is 24.1. The lowest BCUT2D eigenvalue weighted by molar-refractivity contribution is 0.0941. The summed E-state index contributed by atoms with van der Waals surface area (Å²) in [5, 5.41) is 8.67. The maximum atomic E-state index is 13.7. The number of pyridine rings is 2. The maximum Gasteiger partial charge on any atom is 0.252 e. The molecule has 5 aromatic rings. The summed E-state index contributed by atoms with van der Waals surface area (Å²) in [6.07, 6.45) is 7.83. The van der Waals surface area contributed by atoms with Gasteiger partial charge in [0.2, 0.25) is 0 Å². The van der Waals surface area contributed by atoms with Crippen molar-refractivity contribution in [1.29, 1.82) is 0 Å². The van der Waals surface area contributed by atoms with Gasteiger partial charge in [-0.15, -0.1) is 0 Å². The Morgan fingerprint density at radius 3 is 2.62 bits per heavy atom. The number of rotatable bonds is 11. The van der Waals surface area contributed by atoms with E-state index in [0.29, 0.717) is 17.8 Å². The fourth-order valence-electron chi connectivity index (χ4n) is 4.89. The van der Waals surface area contributed by atoms with Crippen LogP contribution in [0.15, 0.2) is 91.4 Å². The van der Waals surface area contributed by atoms with Gasteiger partial charge in [0.25, 0.3) is 5.91 Å². The van der Waals surface area contributed by atoms with Gasteiger partial charge in [-0.1, -0.05) is 67.9 Å². The average molecular weight is 533 g/mol. The maximum absolute atomic E-state index is 13.7. The predicted octanol–water partition coefficient (Wildman–Crippen LogP) is 6.26. The van der Waals surface area contributed by atoms with Crippen molar-refractivity contribution < 1.29 is 4.79 Å². The van der Waals surface area contributed by atoms with E-state index in [1.54, 1.807) is 6.20 Å². The van der Waals surface area contributed by atoms with E-state index in [9.17, 15) is 4.79 Å². The van der Waals surface area contributed by atoms with Crippen LogP contribution in [-0.4, -0.2) is 44.1 Å². The van der Waals surface area contributed by atoms with Crippen molar-refractivity contribution >= 4 is 16.9 Å². The lowest BCUT2D eigenvalue weighted by atomic mass is 10.0. The smallest absolute Gasteiger partial charge is 0.252 e. The summed E-state index contributed by atoms with van der Waals surface area (Å²) in [7, 11) is 2.15. The summed E-state index contributed by atoms with van der Waals surface area (Å²) in [5.41, 5.74) is 6.09. The lowest BCUT2D eigenvalue weighted by Gasteiger charge is -2.17. The third-order valence-electron chi connectivity index (χ3n) is 7.07. The molecule has 0 unspecified atom stereocenters. The molecular weight excluding hydrogens is 496 g/mol. The SMILES string of the molecule is CCCCN(C)Cc1cccc(-c2cc(C(=O)N[C@@H](C)c3ccccc3)c3cn(Cc4cccnc4)nc3n2)c1. The molecule has 204 valence electrons. The molecule has 0 radical (unpaired) electrons. The molecule has 5 rings (SSSR count). The van der Waals surface area contributed by atoms with Gasteiger partial charge in [-0.25, -0.2) is 4.98 Å². The van der Waals surface area contributed by atoms with Gasteiger partial charge in [-0.2, -0.15) is 5.10 Å². The summed E-state index contributed by atoms with van der Waals surface area (Å²) in [6.45, 7) is 6.67. The third kappa shape index (κ3) is 6.61. The summed E-state index contributed by atoms with van der Waals surface area (Å²) < 4.78 is 1.83. The Labute approximate surface area is 235 Å². The van der Waals surface area contributed by atoms with Gasteiger partial charge in [0.05, 0.1) is 29.2 Å². The molecule has 3 aromatic heterocycles. The highest BCUT2D eigenvalue weighted by atomic mass is 16.1. The number of hydrogen-bond acceptors (Lipinski definition) is 5. The minimum absolute atomic E-state index is 0.146. The molecule has 40 heavy (non-hydrogen) atoms. The number of nitrogens with one attached hydrogen (secondary N) is 1. The molecule has 0 fully saturated rings. The zero-order valence-corrected chi connectivity index (χ0v) is 23.4. The van der Waals surface area contributed by atoms with Crippen LogP contribution in [0.5, 0.6) is 0 Å². The zero-order chi connectivity index (χ0) is 27.9. The monoisotopic (exact) mass is 532 g/mol. The van der Waals surface area contributed by atoms with E-state index in [1.165, 1.54) is 18.4 Å². The van der Waals surface area contributed by atoms with E-state index >= 15 is 0 Å². The second-order valence-corrected chi connectivity index (χ2v) is 10.4. The molecule has 0 bridgehead atoms. The largest absolute Gasteiger partial charge is 0.345 e. The Morgan fingerprint density at radius 2 is 1.85 bits per heavy atom. The van der Waals surface area contributed by atoms with Crippen molar-refractivity contribution in [2.75, 3.05) is 13.6 Å². The van der Waals surface area contributed by atoms with Crippen LogP contribution in [0, 0.1) is 0 Å². The van der Waals surface area contributed by atoms with Crippen LogP contribution in [0.3, 0.4) is 0 Å². The minimum Gasteiger partial charge on any atom is -0.345 e. The number of carbonyl (C=O) groups is 1. The molecule has 1 N–H and O–H groups in total. The molecule has 1 amide bonds. The number of unbranched alkanes of at least 4 members (excludes halogenated alkanes) is 1. The lowest BCUT2D eigenvalue weighted by Crippen LogP contribution is -2.26. The first kappa shape index (κ1) is 27.2. The quantitative estimate of drug-likeness (QED) is 0.217. The van der Waals surface area contributed by atoms with E-state index < -0.39 is 0 Å². The fourth-order valence-corrected chi connectivity index (χ4v) is 4.89. The van der Waals surface area contributed by atoms with Crippen LogP contribution >= 0.6 is 0 Å². The van der Waals surface area contributed by atoms with Gasteiger partial charge in [-0.3, -0.25) is 14.5 Å². The molecular formula is C33H36N6O. The van der Waals surface area contributed by atoms with Gasteiger partial charge in [-0.05, 0) is 61.8 Å². The topological polar surface area (TPSA) is 75.9 Å². The molecule has 0 aliphatic heterocycles. The first-order valence-corrected chi connectivity index (χ1v) is 13.9. The predicted molar refractivity (Wildman–Crippen MR) is 160 cm³/mol. The molecule has 0 saturated heterocycles. The Balaban J connectivity index is 1.50. The standard InChI is InChI=1S/C33H36N6O/c1-4-5-17-38(3)21-25-11-9-15-28(18-25)31-19-29(33(40)35-24(2)27-13-7-6-8-14-27)30-23-39(37-32(30)36-31)22-26-12-10-16-34-20-26/h6-16,18-20,23-24H,4-5,17,21-22H2,1-3H3,(H,35,40)/t24-/m0/s1. The average Bonchev–Trinajstić information content (AvgIpc) is 3.38. The second kappa shape index (κ2) is 12.7. The summed E-state index contributed by atoms with van der Waals surface area (Å²) in [4.78, 5) is 25.2. The van der Waals surface area contributed by atoms with Gasteiger partial charge in [0.1, 0.15) is 0 Å². The highest BCUT2D eigenvalue weighted by Gasteiger charge is 2.19. The number of hydrogen-bond donors (Lipinski definition) is 1. The molecule has 3 heterocycles. The molecule has 0 saturated carbocycles. The number of benzene rings is 2. The first-order chi connectivity index (χ1) is 19.5. The number of nitrogens with zero attached hydrogens (tertiary/aromatic N) is 5. The fraction of sp³-hybridized carbons (Fsp3) is 0.273. The zero-order valence-electron chi connectivity index (χ0n) is 23.4. The van der Waals surface area contributed by atoms with Gasteiger partial charge in [0.15, 0.2) is 5.65 Å². The van der Waals surface area contributed by atoms with E-state index in [0.717, 1.165) is 40.9 Å². The Hall–Kier alpha value is -4.36. The Bertz CT molecular complexity index is 1560. The van der Waals surface area contributed by atoms with Crippen molar-refractivity contribution in [1.82, 2.24) is 30.0 Å². The highest BCUT2D eigenvalue weighted by Crippen LogP contribution is 2.26. The van der Waals surface area contributed by atoms with E-state index in [1.807, 2.05) is 78.6 Å². The first-order valence-electron chi connectivity index (χ1n) is 13.9. The van der Waals surface area contributed by atoms with Crippen LogP contribution in [0.1, 0.15) is 59.8 Å². The van der Waals surface area contributed by atoms with Crippen molar-refractivity contribution in [2.24, 2.45) is 0 Å². The second-order valence-electron chi connectivity index (χ2n) is 10.4. The van der Waals surface area contributed by atoms with Crippen LogP contribution in [0.25, 0.3) is 22.3 Å². The number of aromatic nitrogens is 4. The normalized spacial score (nSPS) is 12.1. The molecule has 0 aliphatic rings. The molecule has 2 aromatic carbocycles. The van der Waals surface area contributed by atoms with Crippen molar-refractivity contribution in [3.63, 3.8) is 0 Å². The molecule has 7 nitrogen and oxygen atoms in total. The van der Waals surface area contributed by atoms with Crippen LogP contribution in [0.4, 0.5) is 0 Å². The Kier molecular flexibility index (Phi) is 8.62. The number of amides is 1. The molecule has 7 heteroatoms. The van der Waals surface area contributed by atoms with Crippen molar-refractivity contribution in [3.8, 4) is 11.3 Å². The Morgan fingerprint density at radius 1 is 1.02 bits per heavy atom. The number of carbonyl (C=O) groups excluding carboxylic acids is 1. The molecule has 0 aliphatic carbocycles. The third-order valence-corrected chi connectivity index (χ3v) is 7.07. The van der Waals surface area contributed by atoms with E-state index in [-0.39, 0.29) is 11.9 Å². The van der Waals surface area contributed by atoms with Gasteiger partial charge >= 0.3 is 0 Å². The molecule has 1 atom stereocenters. The molecule has 0 spiro atoms. The summed E-state index contributed by atoms with van der Waals surface area (Å²) >= 11 is 0. The van der Waals surface area contributed by atoms with Crippen LogP contribution in [0.2, 0.25) is 0 Å². The van der Waals surface area contributed by atoms with Crippen molar-refractivity contribution in [3.05, 3.63) is 114 Å². The minimum atomic E-state index is -0.151. The van der Waals surface area contributed by atoms with Crippen LogP contribution < -0.4 is 5.32 Å².